The molecule has 0 N–H and O–H groups in total. The maximum atomic E-state index is 12.4. The van der Waals surface area contributed by atoms with E-state index in [4.69, 9.17) is 4.74 Å². The van der Waals surface area contributed by atoms with Crippen molar-refractivity contribution in [2.45, 2.75) is 20.2 Å². The summed E-state index contributed by atoms with van der Waals surface area (Å²) in [5.41, 5.74) is 0.162. The largest absolute Gasteiger partial charge is 0.573 e. The van der Waals surface area contributed by atoms with Gasteiger partial charge in [-0.2, -0.15) is 0 Å². The number of halogens is 3. The molecule has 0 radical (unpaired) electrons. The number of carbonyl (C=O) groups excluding carboxylic acids is 2. The molecule has 1 aliphatic rings. The second-order valence-electron chi connectivity index (χ2n) is 5.55. The molecule has 3 amide bonds. The van der Waals surface area contributed by atoms with E-state index in [1.165, 1.54) is 17.0 Å². The number of imide groups is 1. The van der Waals surface area contributed by atoms with Crippen LogP contribution in [0.2, 0.25) is 0 Å². The molecule has 0 saturated heterocycles. The van der Waals surface area contributed by atoms with Gasteiger partial charge in [-0.15, -0.1) is 18.2 Å². The molecular weight excluding hydrogens is 383 g/mol. The van der Waals surface area contributed by atoms with Crippen molar-refractivity contribution in [2.24, 2.45) is 10.4 Å². The molecule has 2 rings (SSSR count). The molecule has 0 aliphatic carbocycles. The second kappa shape index (κ2) is 9.35. The van der Waals surface area contributed by atoms with E-state index in [9.17, 15) is 22.8 Å². The third kappa shape index (κ3) is 5.81. The van der Waals surface area contributed by atoms with E-state index < -0.39 is 24.1 Å². The smallest absolute Gasteiger partial charge is 0.406 e. The van der Waals surface area contributed by atoms with Crippen LogP contribution >= 0.6 is 0 Å². The molecule has 1 aliphatic heterocycles. The molecular formula is C16H20F3N5O4. The average Bonchev–Trinajstić information content (AvgIpc) is 2.63. The van der Waals surface area contributed by atoms with E-state index >= 15 is 0 Å². The van der Waals surface area contributed by atoms with Crippen LogP contribution in [0.1, 0.15) is 13.8 Å². The first-order chi connectivity index (χ1) is 13.2. The van der Waals surface area contributed by atoms with Crippen LogP contribution in [-0.2, 0) is 9.53 Å². The Balaban J connectivity index is 2.09. The Kier molecular flexibility index (Phi) is 7.15. The Hall–Kier alpha value is -2.89. The van der Waals surface area contributed by atoms with Gasteiger partial charge in [0.05, 0.1) is 12.3 Å². The molecule has 0 unspecified atom stereocenters. The fourth-order valence-corrected chi connectivity index (χ4v) is 2.34. The zero-order valence-corrected chi connectivity index (χ0v) is 15.3. The zero-order valence-electron chi connectivity index (χ0n) is 15.3. The number of nitrogens with zero attached hydrogens (tertiary/aromatic N) is 5. The molecule has 0 fully saturated rings. The number of hydrogen-bond donors (Lipinski definition) is 0. The van der Waals surface area contributed by atoms with E-state index in [1.807, 2.05) is 6.92 Å². The van der Waals surface area contributed by atoms with Gasteiger partial charge in [0, 0.05) is 25.8 Å². The van der Waals surface area contributed by atoms with Crippen molar-refractivity contribution >= 4 is 17.6 Å². The van der Waals surface area contributed by atoms with Crippen LogP contribution in [-0.4, -0.2) is 61.1 Å². The summed E-state index contributed by atoms with van der Waals surface area (Å²) in [6, 6.07) is 4.29. The lowest BCUT2D eigenvalue weighted by Crippen LogP contribution is -2.49. The third-order valence-electron chi connectivity index (χ3n) is 3.65. The highest BCUT2D eigenvalue weighted by Gasteiger charge is 2.33. The molecule has 9 nitrogen and oxygen atoms in total. The molecule has 0 bridgehead atoms. The first-order valence-corrected chi connectivity index (χ1v) is 8.49. The number of hydrogen-bond acceptors (Lipinski definition) is 7. The van der Waals surface area contributed by atoms with Crippen molar-refractivity contribution in [1.82, 2.24) is 9.91 Å². The zero-order chi connectivity index (χ0) is 20.7. The molecule has 0 saturated carbocycles. The third-order valence-corrected chi connectivity index (χ3v) is 3.65. The Bertz CT molecular complexity index is 728. The van der Waals surface area contributed by atoms with Gasteiger partial charge < -0.3 is 14.4 Å². The van der Waals surface area contributed by atoms with Crippen LogP contribution < -0.4 is 9.75 Å². The molecule has 1 aromatic carbocycles. The van der Waals surface area contributed by atoms with Crippen molar-refractivity contribution in [3.8, 4) is 5.75 Å². The first-order valence-electron chi connectivity index (χ1n) is 8.49. The highest BCUT2D eigenvalue weighted by Crippen LogP contribution is 2.28. The van der Waals surface area contributed by atoms with Crippen molar-refractivity contribution in [3.05, 3.63) is 24.3 Å². The summed E-state index contributed by atoms with van der Waals surface area (Å²) in [4.78, 5) is 26.1. The lowest BCUT2D eigenvalue weighted by atomic mass is 10.3. The first kappa shape index (κ1) is 21.4. The van der Waals surface area contributed by atoms with E-state index in [0.717, 1.165) is 17.1 Å². The van der Waals surface area contributed by atoms with Gasteiger partial charge in [-0.3, -0.25) is 4.79 Å². The Labute approximate surface area is 159 Å². The average molecular weight is 403 g/mol. The SMILES string of the molecule is CCOCCN(CC)C(=O)N1N=NN(c2cccc(OC(F)(F)F)c2)CC1=O. The molecule has 1 aromatic rings. The monoisotopic (exact) mass is 403 g/mol. The van der Waals surface area contributed by atoms with Crippen molar-refractivity contribution in [1.29, 1.82) is 0 Å². The maximum absolute atomic E-state index is 12.4. The lowest BCUT2D eigenvalue weighted by Gasteiger charge is -2.29. The summed E-state index contributed by atoms with van der Waals surface area (Å²) in [7, 11) is 0. The molecule has 12 heteroatoms. The van der Waals surface area contributed by atoms with Gasteiger partial charge in [0.15, 0.2) is 0 Å². The van der Waals surface area contributed by atoms with Crippen LogP contribution in [0.15, 0.2) is 34.7 Å². The number of urea groups is 1. The van der Waals surface area contributed by atoms with Crippen molar-refractivity contribution < 1.29 is 32.2 Å². The normalized spacial score (nSPS) is 14.4. The summed E-state index contributed by atoms with van der Waals surface area (Å²) in [6.07, 6.45) is -4.84. The van der Waals surface area contributed by atoms with Crippen LogP contribution in [0, 0.1) is 0 Å². The number of ether oxygens (including phenoxy) is 2. The minimum Gasteiger partial charge on any atom is -0.406 e. The van der Waals surface area contributed by atoms with Gasteiger partial charge in [0.2, 0.25) is 0 Å². The van der Waals surface area contributed by atoms with Gasteiger partial charge >= 0.3 is 12.4 Å². The topological polar surface area (TPSA) is 87.0 Å². The Morgan fingerprint density at radius 3 is 2.64 bits per heavy atom. The van der Waals surface area contributed by atoms with Crippen LogP contribution in [0.5, 0.6) is 5.75 Å². The number of anilines is 1. The molecule has 154 valence electrons. The van der Waals surface area contributed by atoms with Gasteiger partial charge in [0.25, 0.3) is 5.91 Å². The highest BCUT2D eigenvalue weighted by atomic mass is 19.4. The predicted molar refractivity (Wildman–Crippen MR) is 91.3 cm³/mol. The van der Waals surface area contributed by atoms with E-state index in [1.54, 1.807) is 6.92 Å². The van der Waals surface area contributed by atoms with Gasteiger partial charge in [-0.25, -0.2) is 9.80 Å². The minimum absolute atomic E-state index is 0.162. The Morgan fingerprint density at radius 2 is 2.04 bits per heavy atom. The van der Waals surface area contributed by atoms with E-state index in [-0.39, 0.29) is 18.8 Å². The Morgan fingerprint density at radius 1 is 1.29 bits per heavy atom. The summed E-state index contributed by atoms with van der Waals surface area (Å²) >= 11 is 0. The molecule has 0 spiro atoms. The van der Waals surface area contributed by atoms with E-state index in [0.29, 0.717) is 24.8 Å². The highest BCUT2D eigenvalue weighted by molar-refractivity contribution is 5.96. The second-order valence-corrected chi connectivity index (χ2v) is 5.55. The quantitative estimate of drug-likeness (QED) is 0.654. The van der Waals surface area contributed by atoms with Gasteiger partial charge in [-0.1, -0.05) is 6.07 Å². The number of carbonyl (C=O) groups is 2. The van der Waals surface area contributed by atoms with Crippen LogP contribution in [0.4, 0.5) is 23.7 Å². The fraction of sp³-hybridized carbons (Fsp3) is 0.500. The molecule has 28 heavy (non-hydrogen) atoms. The summed E-state index contributed by atoms with van der Waals surface area (Å²) in [5, 5.41) is 9.06. The fourth-order valence-electron chi connectivity index (χ4n) is 2.34. The van der Waals surface area contributed by atoms with Gasteiger partial charge in [0.1, 0.15) is 12.3 Å². The van der Waals surface area contributed by atoms with Crippen molar-refractivity contribution in [2.75, 3.05) is 37.9 Å². The number of alkyl halides is 3. The number of rotatable bonds is 7. The van der Waals surface area contributed by atoms with Crippen LogP contribution in [0.3, 0.4) is 0 Å². The predicted octanol–water partition coefficient (Wildman–Crippen LogP) is 2.99. The number of benzene rings is 1. The molecule has 0 aromatic heterocycles. The number of likely N-dealkylation sites (N-methyl/N-ethyl adjacent to an activating group) is 1. The lowest BCUT2D eigenvalue weighted by molar-refractivity contribution is -0.274. The minimum atomic E-state index is -4.84. The van der Waals surface area contributed by atoms with Crippen LogP contribution in [0.25, 0.3) is 0 Å². The maximum Gasteiger partial charge on any atom is 0.573 e. The molecule has 0 atom stereocenters. The summed E-state index contributed by atoms with van der Waals surface area (Å²) < 4.78 is 46.1. The van der Waals surface area contributed by atoms with Gasteiger partial charge in [-0.05, 0) is 36.4 Å². The van der Waals surface area contributed by atoms with E-state index in [2.05, 4.69) is 15.2 Å². The number of amides is 3. The van der Waals surface area contributed by atoms with Crippen molar-refractivity contribution in [3.63, 3.8) is 0 Å². The summed E-state index contributed by atoms with van der Waals surface area (Å²) in [6.45, 7) is 4.63. The molecule has 1 heterocycles. The standard InChI is InChI=1S/C16H20F3N5O4/c1-3-22(8-9-27-4-2)15(26)24-14(25)11-23(20-21-24)12-6-5-7-13(10-12)28-16(17,18)19/h5-7,10H,3-4,8-9,11H2,1-2H3. The summed E-state index contributed by atoms with van der Waals surface area (Å²) in [5.74, 6) is -1.13.